The molecule has 3 N–H and O–H groups in total. The van der Waals surface area contributed by atoms with E-state index >= 15 is 0 Å². The van der Waals surface area contributed by atoms with E-state index in [0.29, 0.717) is 12.0 Å². The molecule has 0 fully saturated rings. The molecule has 0 aliphatic heterocycles. The van der Waals surface area contributed by atoms with Gasteiger partial charge in [0.25, 0.3) is 0 Å². The highest BCUT2D eigenvalue weighted by Crippen LogP contribution is 2.21. The van der Waals surface area contributed by atoms with Gasteiger partial charge in [-0.25, -0.2) is 4.98 Å². The first-order valence-electron chi connectivity index (χ1n) is 6.52. The molecule has 0 radical (unpaired) electrons. The van der Waals surface area contributed by atoms with Crippen LogP contribution in [0.15, 0.2) is 12.3 Å². The number of nitrogens with zero attached hydrogens (tertiary/aromatic N) is 2. The number of rotatable bonds is 6. The smallest absolute Gasteiger partial charge is 0.149 e. The lowest BCUT2D eigenvalue weighted by Gasteiger charge is -2.25. The van der Waals surface area contributed by atoms with Crippen LogP contribution in [0.3, 0.4) is 0 Å². The Morgan fingerprint density at radius 2 is 2.06 bits per heavy atom. The fourth-order valence-electron chi connectivity index (χ4n) is 2.07. The molecule has 1 aromatic rings. The summed E-state index contributed by atoms with van der Waals surface area (Å²) in [5.41, 5.74) is 7.88. The Morgan fingerprint density at radius 3 is 2.61 bits per heavy atom. The standard InChI is InChI=1S/C14H26N4/c1-10(2)8-12(9-18(4)5)17-14-13(15)11(3)6-7-16-14/h6-7,10,12H,8-9,15H2,1-5H3,(H,16,17). The molecule has 0 amide bonds. The predicted octanol–water partition coefficient (Wildman–Crippen LogP) is 2.36. The molecule has 1 unspecified atom stereocenters. The quantitative estimate of drug-likeness (QED) is 0.814. The van der Waals surface area contributed by atoms with E-state index in [4.69, 9.17) is 5.73 Å². The summed E-state index contributed by atoms with van der Waals surface area (Å²) in [5.74, 6) is 1.45. The maximum absolute atomic E-state index is 6.05. The van der Waals surface area contributed by atoms with Crippen molar-refractivity contribution in [1.82, 2.24) is 9.88 Å². The molecule has 1 heterocycles. The van der Waals surface area contributed by atoms with Crippen molar-refractivity contribution >= 4 is 11.5 Å². The van der Waals surface area contributed by atoms with E-state index in [2.05, 4.69) is 43.1 Å². The van der Waals surface area contributed by atoms with Crippen molar-refractivity contribution in [1.29, 1.82) is 0 Å². The van der Waals surface area contributed by atoms with Crippen molar-refractivity contribution in [2.75, 3.05) is 31.7 Å². The number of hydrogen-bond donors (Lipinski definition) is 2. The van der Waals surface area contributed by atoms with Crippen molar-refractivity contribution in [2.24, 2.45) is 5.92 Å². The molecule has 0 saturated carbocycles. The van der Waals surface area contributed by atoms with Crippen molar-refractivity contribution in [3.63, 3.8) is 0 Å². The van der Waals surface area contributed by atoms with Crippen molar-refractivity contribution in [3.05, 3.63) is 17.8 Å². The molecule has 0 bridgehead atoms. The van der Waals surface area contributed by atoms with Crippen LogP contribution in [-0.4, -0.2) is 36.6 Å². The minimum atomic E-state index is 0.372. The van der Waals surface area contributed by atoms with Crippen LogP contribution in [0.2, 0.25) is 0 Å². The number of nitrogens with two attached hydrogens (primary N) is 1. The third-order valence-electron chi connectivity index (χ3n) is 2.89. The highest BCUT2D eigenvalue weighted by molar-refractivity contribution is 5.65. The Morgan fingerprint density at radius 1 is 1.39 bits per heavy atom. The Labute approximate surface area is 111 Å². The van der Waals surface area contributed by atoms with E-state index < -0.39 is 0 Å². The van der Waals surface area contributed by atoms with Gasteiger partial charge in [0.05, 0.1) is 5.69 Å². The average Bonchev–Trinajstić information content (AvgIpc) is 2.23. The van der Waals surface area contributed by atoms with Crippen molar-refractivity contribution < 1.29 is 0 Å². The first-order chi connectivity index (χ1) is 8.40. The summed E-state index contributed by atoms with van der Waals surface area (Å²) in [6.07, 6.45) is 2.91. The van der Waals surface area contributed by atoms with E-state index in [1.807, 2.05) is 13.0 Å². The number of aromatic nitrogens is 1. The van der Waals surface area contributed by atoms with Gasteiger partial charge >= 0.3 is 0 Å². The number of anilines is 2. The number of nitrogen functional groups attached to an aromatic ring is 1. The molecule has 0 aromatic carbocycles. The number of aryl methyl sites for hydroxylation is 1. The summed E-state index contributed by atoms with van der Waals surface area (Å²) in [5, 5.41) is 3.47. The van der Waals surface area contributed by atoms with Gasteiger partial charge in [-0.05, 0) is 45.0 Å². The normalized spacial score (nSPS) is 13.1. The van der Waals surface area contributed by atoms with Gasteiger partial charge in [-0.15, -0.1) is 0 Å². The second-order valence-corrected chi connectivity index (χ2v) is 5.62. The van der Waals surface area contributed by atoms with Gasteiger partial charge in [-0.3, -0.25) is 0 Å². The molecular weight excluding hydrogens is 224 g/mol. The Balaban J connectivity index is 2.78. The zero-order valence-electron chi connectivity index (χ0n) is 12.2. The second kappa shape index (κ2) is 6.59. The number of nitrogens with one attached hydrogen (secondary N) is 1. The Hall–Kier alpha value is -1.29. The van der Waals surface area contributed by atoms with Crippen LogP contribution in [-0.2, 0) is 0 Å². The fraction of sp³-hybridized carbons (Fsp3) is 0.643. The van der Waals surface area contributed by atoms with E-state index in [1.165, 1.54) is 0 Å². The lowest BCUT2D eigenvalue weighted by molar-refractivity contribution is 0.356. The van der Waals surface area contributed by atoms with Gasteiger partial charge in [0.2, 0.25) is 0 Å². The predicted molar refractivity (Wildman–Crippen MR) is 78.8 cm³/mol. The highest BCUT2D eigenvalue weighted by Gasteiger charge is 2.14. The minimum Gasteiger partial charge on any atom is -0.396 e. The number of pyridine rings is 1. The van der Waals surface area contributed by atoms with Crippen LogP contribution in [0.25, 0.3) is 0 Å². The molecule has 0 aliphatic rings. The van der Waals surface area contributed by atoms with E-state index in [-0.39, 0.29) is 0 Å². The topological polar surface area (TPSA) is 54.2 Å². The molecule has 0 spiro atoms. The Bertz CT molecular complexity index is 364. The maximum Gasteiger partial charge on any atom is 0.149 e. The van der Waals surface area contributed by atoms with Gasteiger partial charge < -0.3 is 16.0 Å². The summed E-state index contributed by atoms with van der Waals surface area (Å²) < 4.78 is 0. The van der Waals surface area contributed by atoms with Gasteiger partial charge in [0, 0.05) is 18.8 Å². The summed E-state index contributed by atoms with van der Waals surface area (Å²) in [6, 6.07) is 2.31. The van der Waals surface area contributed by atoms with Crippen molar-refractivity contribution in [3.8, 4) is 0 Å². The molecular formula is C14H26N4. The van der Waals surface area contributed by atoms with E-state index in [1.54, 1.807) is 6.20 Å². The lowest BCUT2D eigenvalue weighted by Crippen LogP contribution is -2.34. The van der Waals surface area contributed by atoms with Crippen LogP contribution < -0.4 is 11.1 Å². The van der Waals surface area contributed by atoms with Gasteiger partial charge in [-0.1, -0.05) is 13.8 Å². The first kappa shape index (κ1) is 14.8. The van der Waals surface area contributed by atoms with Crippen LogP contribution in [0.4, 0.5) is 11.5 Å². The highest BCUT2D eigenvalue weighted by atomic mass is 15.1. The molecule has 4 heteroatoms. The molecule has 1 atom stereocenters. The first-order valence-corrected chi connectivity index (χ1v) is 6.52. The van der Waals surface area contributed by atoms with E-state index in [0.717, 1.165) is 30.0 Å². The summed E-state index contributed by atoms with van der Waals surface area (Å²) in [6.45, 7) is 7.45. The van der Waals surface area contributed by atoms with Crippen LogP contribution in [0, 0.1) is 12.8 Å². The molecule has 1 rings (SSSR count). The zero-order chi connectivity index (χ0) is 13.7. The van der Waals surface area contributed by atoms with Gasteiger partial charge in [-0.2, -0.15) is 0 Å². The van der Waals surface area contributed by atoms with Crippen LogP contribution >= 0.6 is 0 Å². The molecule has 0 saturated heterocycles. The summed E-state index contributed by atoms with van der Waals surface area (Å²) in [4.78, 5) is 6.53. The van der Waals surface area contributed by atoms with Gasteiger partial charge in [0.1, 0.15) is 5.82 Å². The Kier molecular flexibility index (Phi) is 5.41. The third-order valence-corrected chi connectivity index (χ3v) is 2.89. The average molecular weight is 250 g/mol. The number of likely N-dealkylation sites (N-methyl/N-ethyl adjacent to an activating group) is 1. The van der Waals surface area contributed by atoms with Crippen LogP contribution in [0.5, 0.6) is 0 Å². The second-order valence-electron chi connectivity index (χ2n) is 5.62. The third kappa shape index (κ3) is 4.53. The summed E-state index contributed by atoms with van der Waals surface area (Å²) >= 11 is 0. The monoisotopic (exact) mass is 250 g/mol. The van der Waals surface area contributed by atoms with Crippen molar-refractivity contribution in [2.45, 2.75) is 33.2 Å². The lowest BCUT2D eigenvalue weighted by atomic mass is 10.0. The zero-order valence-corrected chi connectivity index (χ0v) is 12.2. The minimum absolute atomic E-state index is 0.372. The maximum atomic E-state index is 6.05. The fourth-order valence-corrected chi connectivity index (χ4v) is 2.07. The molecule has 18 heavy (non-hydrogen) atoms. The largest absolute Gasteiger partial charge is 0.396 e. The van der Waals surface area contributed by atoms with Gasteiger partial charge in [0.15, 0.2) is 0 Å². The molecule has 4 nitrogen and oxygen atoms in total. The van der Waals surface area contributed by atoms with E-state index in [9.17, 15) is 0 Å². The number of hydrogen-bond acceptors (Lipinski definition) is 4. The SMILES string of the molecule is Cc1ccnc(NC(CC(C)C)CN(C)C)c1N. The molecule has 0 aliphatic carbocycles. The summed E-state index contributed by atoms with van der Waals surface area (Å²) in [7, 11) is 4.17. The molecule has 102 valence electrons. The molecule has 1 aromatic heterocycles. The van der Waals surface area contributed by atoms with Crippen LogP contribution in [0.1, 0.15) is 25.8 Å².